The van der Waals surface area contributed by atoms with E-state index in [1.807, 2.05) is 36.4 Å². The number of hydrogen-bond donors (Lipinski definition) is 2. The van der Waals surface area contributed by atoms with Crippen LogP contribution < -0.4 is 15.4 Å². The lowest BCUT2D eigenvalue weighted by molar-refractivity contribution is 0.0600. The van der Waals surface area contributed by atoms with Gasteiger partial charge in [-0.15, -0.1) is 0 Å². The smallest absolute Gasteiger partial charge is 0.337 e. The van der Waals surface area contributed by atoms with E-state index in [0.29, 0.717) is 31.2 Å². The fraction of sp³-hybridized carbons (Fsp3) is 0.273. The van der Waals surface area contributed by atoms with Crippen LogP contribution in [0.1, 0.15) is 21.5 Å². The molecule has 148 valence electrons. The average Bonchev–Trinajstić information content (AvgIpc) is 2.75. The standard InChI is InChI=1S/C22H27N3O3/c1-4-15-28-20-8-6-5-7-19(20)16-25-22(23-2)24-14-13-17-9-11-18(12-10-17)21(26)27-3/h4-12H,1,13-16H2,2-3H3,(H2,23,24,25). The number of ether oxygens (including phenoxy) is 2. The van der Waals surface area contributed by atoms with Crippen LogP contribution in [0.25, 0.3) is 0 Å². The summed E-state index contributed by atoms with van der Waals surface area (Å²) in [5, 5.41) is 6.58. The van der Waals surface area contributed by atoms with Gasteiger partial charge in [-0.2, -0.15) is 0 Å². The molecule has 0 saturated carbocycles. The molecule has 0 aliphatic heterocycles. The minimum absolute atomic E-state index is 0.327. The number of esters is 1. The molecule has 2 aromatic rings. The van der Waals surface area contributed by atoms with E-state index in [1.165, 1.54) is 7.11 Å². The Morgan fingerprint density at radius 1 is 1.14 bits per heavy atom. The molecule has 0 unspecified atom stereocenters. The summed E-state index contributed by atoms with van der Waals surface area (Å²) in [7, 11) is 3.11. The Hall–Kier alpha value is -3.28. The molecule has 0 amide bonds. The van der Waals surface area contributed by atoms with Crippen LogP contribution in [0.5, 0.6) is 5.75 Å². The van der Waals surface area contributed by atoms with E-state index in [2.05, 4.69) is 22.2 Å². The quantitative estimate of drug-likeness (QED) is 0.302. The van der Waals surface area contributed by atoms with E-state index in [4.69, 9.17) is 9.47 Å². The van der Waals surface area contributed by atoms with E-state index in [-0.39, 0.29) is 5.97 Å². The van der Waals surface area contributed by atoms with Crippen molar-refractivity contribution < 1.29 is 14.3 Å². The van der Waals surface area contributed by atoms with Crippen molar-refractivity contribution in [1.82, 2.24) is 10.6 Å². The minimum Gasteiger partial charge on any atom is -0.489 e. The molecule has 0 saturated heterocycles. The lowest BCUT2D eigenvalue weighted by Gasteiger charge is -2.14. The number of carbonyl (C=O) groups excluding carboxylic acids is 1. The largest absolute Gasteiger partial charge is 0.489 e. The molecule has 0 fully saturated rings. The van der Waals surface area contributed by atoms with Crippen LogP contribution in [-0.4, -0.2) is 39.2 Å². The second-order valence-corrected chi connectivity index (χ2v) is 6.00. The average molecular weight is 381 g/mol. The predicted octanol–water partition coefficient (Wildman–Crippen LogP) is 2.95. The highest BCUT2D eigenvalue weighted by Crippen LogP contribution is 2.17. The van der Waals surface area contributed by atoms with Gasteiger partial charge in [-0.3, -0.25) is 4.99 Å². The topological polar surface area (TPSA) is 72.0 Å². The lowest BCUT2D eigenvalue weighted by atomic mass is 10.1. The van der Waals surface area contributed by atoms with Crippen LogP contribution in [0, 0.1) is 0 Å². The summed E-state index contributed by atoms with van der Waals surface area (Å²) in [6.07, 6.45) is 2.53. The maximum atomic E-state index is 11.5. The number of hydrogen-bond acceptors (Lipinski definition) is 4. The summed E-state index contributed by atoms with van der Waals surface area (Å²) in [5.41, 5.74) is 2.72. The molecular weight excluding hydrogens is 354 g/mol. The molecule has 0 bridgehead atoms. The molecule has 0 atom stereocenters. The predicted molar refractivity (Wildman–Crippen MR) is 112 cm³/mol. The molecule has 0 aromatic heterocycles. The van der Waals surface area contributed by atoms with E-state index >= 15 is 0 Å². The SMILES string of the molecule is C=CCOc1ccccc1CNC(=NC)NCCc1ccc(C(=O)OC)cc1. The molecule has 2 N–H and O–H groups in total. The number of carbonyl (C=O) groups is 1. The van der Waals surface area contributed by atoms with E-state index in [0.717, 1.165) is 23.3 Å². The summed E-state index contributed by atoms with van der Waals surface area (Å²) in [5.74, 6) is 1.22. The number of benzene rings is 2. The zero-order chi connectivity index (χ0) is 20.2. The lowest BCUT2D eigenvalue weighted by Crippen LogP contribution is -2.37. The first kappa shape index (κ1) is 21.0. The fourth-order valence-corrected chi connectivity index (χ4v) is 2.59. The van der Waals surface area contributed by atoms with Crippen molar-refractivity contribution in [3.05, 3.63) is 77.9 Å². The van der Waals surface area contributed by atoms with Crippen molar-refractivity contribution in [3.63, 3.8) is 0 Å². The van der Waals surface area contributed by atoms with Gasteiger partial charge < -0.3 is 20.1 Å². The van der Waals surface area contributed by atoms with Crippen LogP contribution in [0.4, 0.5) is 0 Å². The van der Waals surface area contributed by atoms with Crippen molar-refractivity contribution in [2.45, 2.75) is 13.0 Å². The third kappa shape index (κ3) is 6.46. The van der Waals surface area contributed by atoms with Crippen LogP contribution in [0.2, 0.25) is 0 Å². The second-order valence-electron chi connectivity index (χ2n) is 6.00. The molecule has 0 radical (unpaired) electrons. The number of nitrogens with one attached hydrogen (secondary N) is 2. The Morgan fingerprint density at radius 3 is 2.57 bits per heavy atom. The Bertz CT molecular complexity index is 801. The molecular formula is C22H27N3O3. The van der Waals surface area contributed by atoms with E-state index in [9.17, 15) is 4.79 Å². The van der Waals surface area contributed by atoms with Gasteiger partial charge in [0.2, 0.25) is 0 Å². The molecule has 2 rings (SSSR count). The normalized spacial score (nSPS) is 10.9. The zero-order valence-corrected chi connectivity index (χ0v) is 16.4. The highest BCUT2D eigenvalue weighted by molar-refractivity contribution is 5.89. The first-order valence-corrected chi connectivity index (χ1v) is 9.11. The monoisotopic (exact) mass is 381 g/mol. The van der Waals surface area contributed by atoms with E-state index in [1.54, 1.807) is 25.3 Å². The van der Waals surface area contributed by atoms with Gasteiger partial charge in [0, 0.05) is 25.7 Å². The molecule has 6 heteroatoms. The third-order valence-corrected chi connectivity index (χ3v) is 4.08. The van der Waals surface area contributed by atoms with Gasteiger partial charge in [-0.1, -0.05) is 43.0 Å². The number of methoxy groups -OCH3 is 1. The highest BCUT2D eigenvalue weighted by atomic mass is 16.5. The van der Waals surface area contributed by atoms with Gasteiger partial charge >= 0.3 is 5.97 Å². The van der Waals surface area contributed by atoms with Crippen LogP contribution in [0.15, 0.2) is 66.2 Å². The number of rotatable bonds is 9. The summed E-state index contributed by atoms with van der Waals surface area (Å²) in [4.78, 5) is 15.7. The van der Waals surface area contributed by atoms with Gasteiger partial charge in [-0.05, 0) is 30.2 Å². The second kappa shape index (κ2) is 11.4. The Morgan fingerprint density at radius 2 is 1.89 bits per heavy atom. The number of nitrogens with zero attached hydrogens (tertiary/aromatic N) is 1. The first-order chi connectivity index (χ1) is 13.7. The molecule has 0 spiro atoms. The van der Waals surface area contributed by atoms with Crippen LogP contribution >= 0.6 is 0 Å². The summed E-state index contributed by atoms with van der Waals surface area (Å²) in [6, 6.07) is 15.3. The van der Waals surface area contributed by atoms with Crippen molar-refractivity contribution in [2.24, 2.45) is 4.99 Å². The van der Waals surface area contributed by atoms with Crippen LogP contribution in [0.3, 0.4) is 0 Å². The van der Waals surface area contributed by atoms with Gasteiger partial charge in [0.15, 0.2) is 5.96 Å². The maximum Gasteiger partial charge on any atom is 0.337 e. The number of para-hydroxylation sites is 1. The van der Waals surface area contributed by atoms with Gasteiger partial charge in [0.1, 0.15) is 12.4 Å². The Labute approximate surface area is 166 Å². The fourth-order valence-electron chi connectivity index (χ4n) is 2.59. The molecule has 2 aromatic carbocycles. The van der Waals surface area contributed by atoms with Crippen molar-refractivity contribution in [1.29, 1.82) is 0 Å². The maximum absolute atomic E-state index is 11.5. The van der Waals surface area contributed by atoms with Crippen LogP contribution in [-0.2, 0) is 17.7 Å². The third-order valence-electron chi connectivity index (χ3n) is 4.08. The number of aliphatic imine (C=N–C) groups is 1. The summed E-state index contributed by atoms with van der Waals surface area (Å²) in [6.45, 7) is 5.46. The Kier molecular flexibility index (Phi) is 8.59. The van der Waals surface area contributed by atoms with Crippen molar-refractivity contribution in [2.75, 3.05) is 27.3 Å². The van der Waals surface area contributed by atoms with Gasteiger partial charge in [-0.25, -0.2) is 4.79 Å². The van der Waals surface area contributed by atoms with Crippen molar-refractivity contribution >= 4 is 11.9 Å². The first-order valence-electron chi connectivity index (χ1n) is 9.11. The highest BCUT2D eigenvalue weighted by Gasteiger charge is 2.06. The minimum atomic E-state index is -0.327. The molecule has 28 heavy (non-hydrogen) atoms. The summed E-state index contributed by atoms with van der Waals surface area (Å²) < 4.78 is 10.4. The van der Waals surface area contributed by atoms with E-state index < -0.39 is 0 Å². The van der Waals surface area contributed by atoms with Gasteiger partial charge in [0.25, 0.3) is 0 Å². The molecule has 0 aliphatic carbocycles. The number of guanidine groups is 1. The molecule has 6 nitrogen and oxygen atoms in total. The zero-order valence-electron chi connectivity index (χ0n) is 16.4. The molecule has 0 aliphatic rings. The summed E-state index contributed by atoms with van der Waals surface area (Å²) >= 11 is 0. The molecule has 0 heterocycles. The Balaban J connectivity index is 1.82. The van der Waals surface area contributed by atoms with Crippen molar-refractivity contribution in [3.8, 4) is 5.75 Å². The van der Waals surface area contributed by atoms with Gasteiger partial charge in [0.05, 0.1) is 12.7 Å².